The SMILES string of the molecule is CC(C)S(=O)(=O)c1cccc(C(=O)N=c2sc3ccccc3n2C)c1. The van der Waals surface area contributed by atoms with Crippen LogP contribution in [0.15, 0.2) is 58.4 Å². The number of carbonyl (C=O) groups is 1. The molecule has 0 saturated heterocycles. The van der Waals surface area contributed by atoms with Crippen molar-refractivity contribution in [3.63, 3.8) is 0 Å². The topological polar surface area (TPSA) is 68.5 Å². The van der Waals surface area contributed by atoms with Crippen LogP contribution in [0.25, 0.3) is 10.2 Å². The molecule has 5 nitrogen and oxygen atoms in total. The van der Waals surface area contributed by atoms with Gasteiger partial charge in [-0.15, -0.1) is 0 Å². The summed E-state index contributed by atoms with van der Waals surface area (Å²) in [4.78, 5) is 17.4. The van der Waals surface area contributed by atoms with Crippen LogP contribution >= 0.6 is 11.3 Å². The lowest BCUT2D eigenvalue weighted by Gasteiger charge is -2.08. The van der Waals surface area contributed by atoms with Gasteiger partial charge in [0, 0.05) is 12.6 Å². The van der Waals surface area contributed by atoms with Gasteiger partial charge in [-0.1, -0.05) is 29.5 Å². The van der Waals surface area contributed by atoms with Crippen LogP contribution in [0.4, 0.5) is 0 Å². The number of amides is 1. The van der Waals surface area contributed by atoms with Crippen molar-refractivity contribution < 1.29 is 13.2 Å². The Balaban J connectivity index is 2.05. The Hall–Kier alpha value is -2.25. The van der Waals surface area contributed by atoms with Crippen LogP contribution in [-0.2, 0) is 16.9 Å². The maximum Gasteiger partial charge on any atom is 0.279 e. The summed E-state index contributed by atoms with van der Waals surface area (Å²) in [6.45, 7) is 3.23. The van der Waals surface area contributed by atoms with Gasteiger partial charge < -0.3 is 4.57 Å². The molecule has 0 N–H and O–H groups in total. The summed E-state index contributed by atoms with van der Waals surface area (Å²) in [6.07, 6.45) is 0. The molecule has 0 radical (unpaired) electrons. The van der Waals surface area contributed by atoms with E-state index in [2.05, 4.69) is 4.99 Å². The van der Waals surface area contributed by atoms with E-state index in [9.17, 15) is 13.2 Å². The smallest absolute Gasteiger partial charge is 0.279 e. The van der Waals surface area contributed by atoms with E-state index in [0.29, 0.717) is 4.80 Å². The molecule has 0 fully saturated rings. The van der Waals surface area contributed by atoms with E-state index in [1.165, 1.54) is 23.5 Å². The van der Waals surface area contributed by atoms with Gasteiger partial charge in [-0.3, -0.25) is 4.79 Å². The molecule has 0 aliphatic rings. The van der Waals surface area contributed by atoms with Crippen LogP contribution in [0.2, 0.25) is 0 Å². The van der Waals surface area contributed by atoms with Crippen molar-refractivity contribution in [1.82, 2.24) is 4.57 Å². The standard InChI is InChI=1S/C18H18N2O3S2/c1-12(2)25(22,23)14-8-6-7-13(11-14)17(21)19-18-20(3)15-9-4-5-10-16(15)24-18/h4-12H,1-3H3. The molecule has 0 aliphatic heterocycles. The molecule has 130 valence electrons. The average Bonchev–Trinajstić information content (AvgIpc) is 2.91. The first-order valence-corrected chi connectivity index (χ1v) is 10.1. The fourth-order valence-electron chi connectivity index (χ4n) is 2.42. The van der Waals surface area contributed by atoms with Gasteiger partial charge in [0.15, 0.2) is 14.6 Å². The maximum absolute atomic E-state index is 12.5. The fraction of sp³-hybridized carbons (Fsp3) is 0.222. The first-order chi connectivity index (χ1) is 11.8. The Labute approximate surface area is 150 Å². The lowest BCUT2D eigenvalue weighted by Crippen LogP contribution is -2.15. The summed E-state index contributed by atoms with van der Waals surface area (Å²) in [5.74, 6) is -0.456. The Morgan fingerprint density at radius 3 is 2.52 bits per heavy atom. The first-order valence-electron chi connectivity index (χ1n) is 7.78. The number of para-hydroxylation sites is 1. The van der Waals surface area contributed by atoms with Crippen molar-refractivity contribution in [2.24, 2.45) is 12.0 Å². The monoisotopic (exact) mass is 374 g/mol. The number of sulfone groups is 1. The molecule has 0 saturated carbocycles. The molecule has 2 aromatic carbocycles. The first kappa shape index (κ1) is 17.6. The Morgan fingerprint density at radius 1 is 1.12 bits per heavy atom. The third-order valence-corrected chi connectivity index (χ3v) is 7.21. The second-order valence-corrected chi connectivity index (χ2v) is 9.46. The number of nitrogens with zero attached hydrogens (tertiary/aromatic N) is 2. The van der Waals surface area contributed by atoms with Crippen LogP contribution in [-0.4, -0.2) is 24.1 Å². The summed E-state index contributed by atoms with van der Waals surface area (Å²) >= 11 is 1.42. The minimum Gasteiger partial charge on any atom is -0.319 e. The molecular formula is C18H18N2O3S2. The van der Waals surface area contributed by atoms with Gasteiger partial charge in [-0.05, 0) is 44.2 Å². The molecule has 25 heavy (non-hydrogen) atoms. The van der Waals surface area contributed by atoms with E-state index in [-0.39, 0.29) is 10.5 Å². The molecular weight excluding hydrogens is 356 g/mol. The molecule has 1 amide bonds. The second-order valence-electron chi connectivity index (χ2n) is 5.95. The van der Waals surface area contributed by atoms with Crippen LogP contribution < -0.4 is 4.80 Å². The number of benzene rings is 2. The third-order valence-electron chi connectivity index (χ3n) is 3.94. The normalized spacial score (nSPS) is 12.9. The molecule has 0 bridgehead atoms. The molecule has 7 heteroatoms. The lowest BCUT2D eigenvalue weighted by molar-refractivity contribution is 0.0997. The average molecular weight is 374 g/mol. The van der Waals surface area contributed by atoms with Crippen molar-refractivity contribution in [2.45, 2.75) is 24.0 Å². The van der Waals surface area contributed by atoms with Gasteiger partial charge in [0.1, 0.15) is 0 Å². The van der Waals surface area contributed by atoms with Gasteiger partial charge in [-0.2, -0.15) is 4.99 Å². The Bertz CT molecular complexity index is 1120. The van der Waals surface area contributed by atoms with E-state index in [0.717, 1.165) is 10.2 Å². The van der Waals surface area contributed by atoms with Gasteiger partial charge in [0.2, 0.25) is 0 Å². The number of aryl methyl sites for hydroxylation is 1. The highest BCUT2D eigenvalue weighted by Gasteiger charge is 2.20. The predicted molar refractivity (Wildman–Crippen MR) is 99.5 cm³/mol. The van der Waals surface area contributed by atoms with Gasteiger partial charge in [0.25, 0.3) is 5.91 Å². The van der Waals surface area contributed by atoms with E-state index >= 15 is 0 Å². The number of thiazole rings is 1. The van der Waals surface area contributed by atoms with Gasteiger partial charge >= 0.3 is 0 Å². The molecule has 1 aromatic heterocycles. The lowest BCUT2D eigenvalue weighted by atomic mass is 10.2. The molecule has 0 aliphatic carbocycles. The quantitative estimate of drug-likeness (QED) is 0.707. The molecule has 3 rings (SSSR count). The highest BCUT2D eigenvalue weighted by Crippen LogP contribution is 2.18. The summed E-state index contributed by atoms with van der Waals surface area (Å²) < 4.78 is 27.5. The van der Waals surface area contributed by atoms with Crippen molar-refractivity contribution in [3.05, 3.63) is 58.9 Å². The van der Waals surface area contributed by atoms with Crippen LogP contribution in [0, 0.1) is 0 Å². The predicted octanol–water partition coefficient (Wildman–Crippen LogP) is 3.16. The minimum atomic E-state index is -3.43. The van der Waals surface area contributed by atoms with Crippen LogP contribution in [0.3, 0.4) is 0 Å². The number of fused-ring (bicyclic) bond motifs is 1. The number of hydrogen-bond acceptors (Lipinski definition) is 4. The van der Waals surface area contributed by atoms with Gasteiger partial charge in [0.05, 0.1) is 20.4 Å². The number of carbonyl (C=O) groups excluding carboxylic acids is 1. The summed E-state index contributed by atoms with van der Waals surface area (Å²) in [7, 11) is -1.58. The molecule has 1 heterocycles. The van der Waals surface area contributed by atoms with Crippen LogP contribution in [0.1, 0.15) is 24.2 Å². The molecule has 3 aromatic rings. The van der Waals surface area contributed by atoms with Crippen LogP contribution in [0.5, 0.6) is 0 Å². The van der Waals surface area contributed by atoms with E-state index < -0.39 is 21.0 Å². The van der Waals surface area contributed by atoms with Crippen molar-refractivity contribution in [2.75, 3.05) is 0 Å². The summed E-state index contributed by atoms with van der Waals surface area (Å²) in [5.41, 5.74) is 1.26. The van der Waals surface area contributed by atoms with Crippen molar-refractivity contribution >= 4 is 37.3 Å². The van der Waals surface area contributed by atoms with E-state index in [4.69, 9.17) is 0 Å². The highest BCUT2D eigenvalue weighted by molar-refractivity contribution is 7.92. The Kier molecular flexibility index (Phi) is 4.62. The zero-order chi connectivity index (χ0) is 18.2. The molecule has 0 atom stereocenters. The molecule has 0 spiro atoms. The Morgan fingerprint density at radius 2 is 1.84 bits per heavy atom. The third kappa shape index (κ3) is 3.29. The van der Waals surface area contributed by atoms with E-state index in [1.54, 1.807) is 26.0 Å². The minimum absolute atomic E-state index is 0.143. The number of hydrogen-bond donors (Lipinski definition) is 0. The zero-order valence-electron chi connectivity index (χ0n) is 14.1. The fourth-order valence-corrected chi connectivity index (χ4v) is 4.54. The number of rotatable bonds is 3. The van der Waals surface area contributed by atoms with E-state index in [1.807, 2.05) is 35.9 Å². The zero-order valence-corrected chi connectivity index (χ0v) is 15.8. The highest BCUT2D eigenvalue weighted by atomic mass is 32.2. The largest absolute Gasteiger partial charge is 0.319 e. The van der Waals surface area contributed by atoms with Crippen molar-refractivity contribution in [3.8, 4) is 0 Å². The summed E-state index contributed by atoms with van der Waals surface area (Å²) in [6, 6.07) is 13.9. The summed E-state index contributed by atoms with van der Waals surface area (Å²) in [5, 5.41) is -0.546. The van der Waals surface area contributed by atoms with Crippen molar-refractivity contribution in [1.29, 1.82) is 0 Å². The van der Waals surface area contributed by atoms with Gasteiger partial charge in [-0.25, -0.2) is 8.42 Å². The molecule has 0 unspecified atom stereocenters. The number of aromatic nitrogens is 1. The second kappa shape index (κ2) is 6.57. The maximum atomic E-state index is 12.5.